The number of aryl methyl sites for hydroxylation is 1. The molecule has 1 aromatic carbocycles. The Labute approximate surface area is 170 Å². The summed E-state index contributed by atoms with van der Waals surface area (Å²) in [6.07, 6.45) is 9.05. The van der Waals surface area contributed by atoms with Crippen LogP contribution < -0.4 is 10.6 Å². The molecule has 7 heteroatoms. The highest BCUT2D eigenvalue weighted by atomic mass is 35.5. The van der Waals surface area contributed by atoms with Crippen LogP contribution in [0.2, 0.25) is 5.02 Å². The largest absolute Gasteiger partial charge is 0.325 e. The Hall–Kier alpha value is -1.92. The standard InChI is InChI=1S/C21H26ClN5O/c22-16-8-7-14(23-21(28)18-10-9-17(24-18)13-5-6-13)12-15(16)20-26-25-19-4-2-1-3-11-27(19)20/h7-8,12-13,17-18,24H,1-6,9-11H2,(H,23,28). The van der Waals surface area contributed by atoms with Gasteiger partial charge in [-0.25, -0.2) is 0 Å². The molecule has 2 N–H and O–H groups in total. The van der Waals surface area contributed by atoms with Crippen LogP contribution in [0.25, 0.3) is 11.4 Å². The minimum Gasteiger partial charge on any atom is -0.325 e. The van der Waals surface area contributed by atoms with Crippen LogP contribution in [0.5, 0.6) is 0 Å². The highest BCUT2D eigenvalue weighted by Gasteiger charge is 2.38. The van der Waals surface area contributed by atoms with Crippen LogP contribution in [0.3, 0.4) is 0 Å². The van der Waals surface area contributed by atoms with Crippen LogP contribution in [-0.4, -0.2) is 32.8 Å². The van der Waals surface area contributed by atoms with Gasteiger partial charge in [-0.05, 0) is 62.6 Å². The van der Waals surface area contributed by atoms with Gasteiger partial charge in [0.15, 0.2) is 5.82 Å². The van der Waals surface area contributed by atoms with Gasteiger partial charge >= 0.3 is 0 Å². The minimum atomic E-state index is -0.103. The average Bonchev–Trinajstić information content (AvgIpc) is 3.37. The monoisotopic (exact) mass is 399 g/mol. The smallest absolute Gasteiger partial charge is 0.241 e. The molecule has 2 aliphatic heterocycles. The van der Waals surface area contributed by atoms with Gasteiger partial charge in [0.2, 0.25) is 5.91 Å². The topological polar surface area (TPSA) is 71.8 Å². The van der Waals surface area contributed by atoms with Crippen LogP contribution in [-0.2, 0) is 17.8 Å². The lowest BCUT2D eigenvalue weighted by atomic mass is 10.1. The van der Waals surface area contributed by atoms with Gasteiger partial charge < -0.3 is 15.2 Å². The number of halogens is 1. The van der Waals surface area contributed by atoms with Gasteiger partial charge in [0.25, 0.3) is 0 Å². The van der Waals surface area contributed by atoms with E-state index in [1.807, 2.05) is 18.2 Å². The van der Waals surface area contributed by atoms with E-state index in [4.69, 9.17) is 11.6 Å². The molecule has 6 nitrogen and oxygen atoms in total. The second-order valence-electron chi connectivity index (χ2n) is 8.33. The van der Waals surface area contributed by atoms with E-state index < -0.39 is 0 Å². The lowest BCUT2D eigenvalue weighted by Gasteiger charge is -2.15. The third-order valence-electron chi connectivity index (χ3n) is 6.27. The predicted molar refractivity (Wildman–Crippen MR) is 109 cm³/mol. The molecule has 5 rings (SSSR count). The maximum atomic E-state index is 12.7. The van der Waals surface area contributed by atoms with Gasteiger partial charge in [-0.1, -0.05) is 18.0 Å². The summed E-state index contributed by atoms with van der Waals surface area (Å²) >= 11 is 6.49. The average molecular weight is 400 g/mol. The summed E-state index contributed by atoms with van der Waals surface area (Å²) < 4.78 is 2.18. The number of hydrogen-bond donors (Lipinski definition) is 2. The maximum absolute atomic E-state index is 12.7. The second-order valence-corrected chi connectivity index (χ2v) is 8.73. The fraction of sp³-hybridized carbons (Fsp3) is 0.571. The Morgan fingerprint density at radius 3 is 2.89 bits per heavy atom. The zero-order valence-corrected chi connectivity index (χ0v) is 16.7. The van der Waals surface area contributed by atoms with Crippen molar-refractivity contribution in [2.24, 2.45) is 5.92 Å². The third kappa shape index (κ3) is 3.55. The zero-order chi connectivity index (χ0) is 19.1. The quantitative estimate of drug-likeness (QED) is 0.820. The number of anilines is 1. The first-order chi connectivity index (χ1) is 13.7. The van der Waals surface area contributed by atoms with E-state index in [0.29, 0.717) is 11.1 Å². The Bertz CT molecular complexity index is 891. The normalized spacial score (nSPS) is 24.6. The molecule has 0 bridgehead atoms. The summed E-state index contributed by atoms with van der Waals surface area (Å²) in [6.45, 7) is 0.916. The van der Waals surface area contributed by atoms with Crippen LogP contribution in [0, 0.1) is 5.92 Å². The molecule has 2 fully saturated rings. The Balaban J connectivity index is 1.35. The van der Waals surface area contributed by atoms with Crippen LogP contribution in [0.15, 0.2) is 18.2 Å². The van der Waals surface area contributed by atoms with Crippen LogP contribution in [0.1, 0.15) is 50.8 Å². The highest BCUT2D eigenvalue weighted by Crippen LogP contribution is 2.37. The summed E-state index contributed by atoms with van der Waals surface area (Å²) in [6, 6.07) is 6.03. The van der Waals surface area contributed by atoms with Crippen molar-refractivity contribution in [3.8, 4) is 11.4 Å². The summed E-state index contributed by atoms with van der Waals surface area (Å²) in [4.78, 5) is 12.7. The van der Waals surface area contributed by atoms with E-state index in [-0.39, 0.29) is 11.9 Å². The number of carbonyl (C=O) groups is 1. The van der Waals surface area contributed by atoms with E-state index in [1.54, 1.807) is 0 Å². The summed E-state index contributed by atoms with van der Waals surface area (Å²) in [5, 5.41) is 16.0. The summed E-state index contributed by atoms with van der Waals surface area (Å²) in [5.41, 5.74) is 1.59. The first-order valence-corrected chi connectivity index (χ1v) is 10.9. The van der Waals surface area contributed by atoms with E-state index in [1.165, 1.54) is 19.3 Å². The van der Waals surface area contributed by atoms with Gasteiger partial charge in [0.05, 0.1) is 11.1 Å². The maximum Gasteiger partial charge on any atom is 0.241 e. The molecular weight excluding hydrogens is 374 g/mol. The summed E-state index contributed by atoms with van der Waals surface area (Å²) in [7, 11) is 0. The van der Waals surface area contributed by atoms with Crippen molar-refractivity contribution in [3.05, 3.63) is 29.0 Å². The third-order valence-corrected chi connectivity index (χ3v) is 6.60. The van der Waals surface area contributed by atoms with Gasteiger partial charge in [0, 0.05) is 30.3 Å². The van der Waals surface area contributed by atoms with Crippen LogP contribution in [0.4, 0.5) is 5.69 Å². The SMILES string of the molecule is O=C(Nc1ccc(Cl)c(-c2nnc3n2CCCCC3)c1)C1CCC(C2CC2)N1. The van der Waals surface area contributed by atoms with Gasteiger partial charge in [0.1, 0.15) is 5.82 Å². The van der Waals surface area contributed by atoms with Crippen molar-refractivity contribution in [3.63, 3.8) is 0 Å². The van der Waals surface area contributed by atoms with Crippen molar-refractivity contribution in [1.29, 1.82) is 0 Å². The number of amides is 1. The molecule has 1 aliphatic carbocycles. The second kappa shape index (κ2) is 7.48. The number of aromatic nitrogens is 3. The molecule has 3 aliphatic rings. The molecule has 0 radical (unpaired) electrons. The van der Waals surface area contributed by atoms with Gasteiger partial charge in [-0.3, -0.25) is 4.79 Å². The molecular formula is C21H26ClN5O. The molecule has 2 atom stereocenters. The number of nitrogens with one attached hydrogen (secondary N) is 2. The first kappa shape index (κ1) is 18.1. The van der Waals surface area contributed by atoms with Crippen molar-refractivity contribution < 1.29 is 4.79 Å². The number of rotatable bonds is 4. The van der Waals surface area contributed by atoms with E-state index in [2.05, 4.69) is 25.4 Å². The van der Waals surface area contributed by atoms with Crippen LogP contribution >= 0.6 is 11.6 Å². The molecule has 3 heterocycles. The molecule has 2 unspecified atom stereocenters. The molecule has 1 aromatic heterocycles. The van der Waals surface area contributed by atoms with Crippen molar-refractivity contribution in [2.45, 2.75) is 70.0 Å². The predicted octanol–water partition coefficient (Wildman–Crippen LogP) is 3.79. The Morgan fingerprint density at radius 1 is 1.14 bits per heavy atom. The summed E-state index contributed by atoms with van der Waals surface area (Å²) in [5.74, 6) is 2.64. The number of hydrogen-bond acceptors (Lipinski definition) is 4. The molecule has 1 saturated heterocycles. The molecule has 1 amide bonds. The van der Waals surface area contributed by atoms with Crippen molar-refractivity contribution in [1.82, 2.24) is 20.1 Å². The van der Waals surface area contributed by atoms with Gasteiger partial charge in [-0.15, -0.1) is 10.2 Å². The van der Waals surface area contributed by atoms with E-state index in [9.17, 15) is 4.79 Å². The first-order valence-electron chi connectivity index (χ1n) is 10.5. The van der Waals surface area contributed by atoms with Crippen molar-refractivity contribution in [2.75, 3.05) is 5.32 Å². The molecule has 148 valence electrons. The fourth-order valence-electron chi connectivity index (χ4n) is 4.54. The molecule has 1 saturated carbocycles. The molecule has 2 aromatic rings. The van der Waals surface area contributed by atoms with E-state index >= 15 is 0 Å². The Kier molecular flexibility index (Phi) is 4.85. The number of benzene rings is 1. The molecule has 0 spiro atoms. The zero-order valence-electron chi connectivity index (χ0n) is 16.0. The lowest BCUT2D eigenvalue weighted by molar-refractivity contribution is -0.117. The lowest BCUT2D eigenvalue weighted by Crippen LogP contribution is -2.39. The van der Waals surface area contributed by atoms with Crippen molar-refractivity contribution >= 4 is 23.2 Å². The Morgan fingerprint density at radius 2 is 2.04 bits per heavy atom. The van der Waals surface area contributed by atoms with E-state index in [0.717, 1.165) is 67.5 Å². The number of fused-ring (bicyclic) bond motifs is 1. The van der Waals surface area contributed by atoms with Gasteiger partial charge in [-0.2, -0.15) is 0 Å². The minimum absolute atomic E-state index is 0.0384. The molecule has 28 heavy (non-hydrogen) atoms. The number of carbonyl (C=O) groups excluding carboxylic acids is 1. The fourth-order valence-corrected chi connectivity index (χ4v) is 4.74. The number of nitrogens with zero attached hydrogens (tertiary/aromatic N) is 3. The highest BCUT2D eigenvalue weighted by molar-refractivity contribution is 6.33.